The first-order valence-corrected chi connectivity index (χ1v) is 13.1. The Kier molecular flexibility index (Phi) is 7.99. The van der Waals surface area contributed by atoms with Gasteiger partial charge in [0.25, 0.3) is 0 Å². The van der Waals surface area contributed by atoms with Crippen molar-refractivity contribution in [2.75, 3.05) is 11.1 Å². The highest BCUT2D eigenvalue weighted by Gasteiger charge is 2.33. The molecule has 4 aromatic rings. The number of hydrogen-bond acceptors (Lipinski definition) is 9. The number of benzene rings is 3. The zero-order chi connectivity index (χ0) is 26.5. The summed E-state index contributed by atoms with van der Waals surface area (Å²) < 4.78 is 14.4. The molecule has 3 atom stereocenters. The summed E-state index contributed by atoms with van der Waals surface area (Å²) in [6, 6.07) is 21.8. The second kappa shape index (κ2) is 11.7. The van der Waals surface area contributed by atoms with Crippen LogP contribution < -0.4 is 5.32 Å². The number of carbonyl (C=O) groups excluding carboxylic acids is 1. The van der Waals surface area contributed by atoms with Gasteiger partial charge in [-0.3, -0.25) is 4.79 Å². The maximum Gasteiger partial charge on any atom is 0.221 e. The number of anilines is 1. The van der Waals surface area contributed by atoms with E-state index in [-0.39, 0.29) is 30.5 Å². The molecule has 0 saturated carbocycles. The van der Waals surface area contributed by atoms with Crippen LogP contribution in [0.4, 0.5) is 5.69 Å². The third-order valence-electron chi connectivity index (χ3n) is 6.03. The van der Waals surface area contributed by atoms with Crippen LogP contribution in [-0.4, -0.2) is 48.2 Å². The number of carbonyl (C=O) groups is 1. The molecule has 1 aliphatic heterocycles. The highest BCUT2D eigenvalue weighted by atomic mass is 32.2. The number of tetrazole rings is 1. The number of hydrogen-bond donors (Lipinski definition) is 3. The van der Waals surface area contributed by atoms with E-state index in [0.717, 1.165) is 22.4 Å². The van der Waals surface area contributed by atoms with Gasteiger partial charge in [-0.15, -0.1) is 5.10 Å². The average molecular weight is 534 g/mol. The van der Waals surface area contributed by atoms with E-state index >= 15 is 0 Å². The van der Waals surface area contributed by atoms with E-state index in [2.05, 4.69) is 20.8 Å². The van der Waals surface area contributed by atoms with Gasteiger partial charge in [0.2, 0.25) is 11.1 Å². The van der Waals surface area contributed by atoms with Crippen LogP contribution in [0.25, 0.3) is 5.69 Å². The fourth-order valence-corrected chi connectivity index (χ4v) is 5.09. The third-order valence-corrected chi connectivity index (χ3v) is 7.08. The predicted octanol–water partition coefficient (Wildman–Crippen LogP) is 4.16. The number of nitrogens with zero attached hydrogens (tertiary/aromatic N) is 4. The van der Waals surface area contributed by atoms with Crippen molar-refractivity contribution < 1.29 is 24.5 Å². The summed E-state index contributed by atoms with van der Waals surface area (Å²) in [5.41, 5.74) is 4.00. The van der Waals surface area contributed by atoms with Gasteiger partial charge in [-0.25, -0.2) is 0 Å². The molecule has 2 heterocycles. The molecule has 38 heavy (non-hydrogen) atoms. The van der Waals surface area contributed by atoms with E-state index in [1.807, 2.05) is 48.5 Å². The first kappa shape index (κ1) is 25.9. The van der Waals surface area contributed by atoms with Crippen LogP contribution >= 0.6 is 11.8 Å². The van der Waals surface area contributed by atoms with Gasteiger partial charge in [-0.05, 0) is 58.0 Å². The Hall–Kier alpha value is -3.77. The van der Waals surface area contributed by atoms with Gasteiger partial charge in [0, 0.05) is 30.3 Å². The number of aromatic hydroxyl groups is 1. The Morgan fingerprint density at radius 1 is 1.08 bits per heavy atom. The highest BCUT2D eigenvalue weighted by Crippen LogP contribution is 2.39. The molecular formula is C27H27N5O5S. The molecule has 3 N–H and O–H groups in total. The molecule has 0 aliphatic carbocycles. The lowest BCUT2D eigenvalue weighted by atomic mass is 10.0. The molecule has 196 valence electrons. The Labute approximate surface area is 223 Å². The molecule has 3 aromatic carbocycles. The van der Waals surface area contributed by atoms with Crippen molar-refractivity contribution in [3.63, 3.8) is 0 Å². The number of ether oxygens (including phenoxy) is 2. The van der Waals surface area contributed by atoms with Gasteiger partial charge in [0.15, 0.2) is 6.29 Å². The highest BCUT2D eigenvalue weighted by molar-refractivity contribution is 7.99. The zero-order valence-corrected chi connectivity index (χ0v) is 21.4. The maximum atomic E-state index is 11.6. The minimum Gasteiger partial charge on any atom is -0.508 e. The van der Waals surface area contributed by atoms with E-state index in [0.29, 0.717) is 23.0 Å². The van der Waals surface area contributed by atoms with E-state index in [1.54, 1.807) is 28.9 Å². The van der Waals surface area contributed by atoms with Gasteiger partial charge in [-0.2, -0.15) is 4.68 Å². The van der Waals surface area contributed by atoms with Crippen molar-refractivity contribution in [3.8, 4) is 11.4 Å². The van der Waals surface area contributed by atoms with Crippen LogP contribution in [0.3, 0.4) is 0 Å². The van der Waals surface area contributed by atoms with Crippen molar-refractivity contribution in [2.24, 2.45) is 0 Å². The lowest BCUT2D eigenvalue weighted by Gasteiger charge is -2.36. The topological polar surface area (TPSA) is 132 Å². The number of aromatic nitrogens is 4. The van der Waals surface area contributed by atoms with Crippen LogP contribution in [0.5, 0.6) is 5.75 Å². The molecule has 1 fully saturated rings. The monoisotopic (exact) mass is 533 g/mol. The van der Waals surface area contributed by atoms with Gasteiger partial charge < -0.3 is 25.0 Å². The fraction of sp³-hybridized carbons (Fsp3) is 0.259. The van der Waals surface area contributed by atoms with Crippen molar-refractivity contribution >= 4 is 23.4 Å². The van der Waals surface area contributed by atoms with Crippen molar-refractivity contribution in [1.29, 1.82) is 0 Å². The number of phenolic OH excluding ortho intramolecular Hbond substituents is 1. The van der Waals surface area contributed by atoms with Crippen LogP contribution in [0.2, 0.25) is 0 Å². The van der Waals surface area contributed by atoms with Crippen LogP contribution in [0.1, 0.15) is 42.4 Å². The summed E-state index contributed by atoms with van der Waals surface area (Å²) in [6.07, 6.45) is -0.493. The van der Waals surface area contributed by atoms with Gasteiger partial charge in [0.05, 0.1) is 24.5 Å². The number of aliphatic hydroxyl groups excluding tert-OH is 1. The van der Waals surface area contributed by atoms with Crippen molar-refractivity contribution in [3.05, 3.63) is 89.5 Å². The van der Waals surface area contributed by atoms with Crippen LogP contribution in [0, 0.1) is 0 Å². The number of aliphatic hydroxyl groups is 1. The second-order valence-electron chi connectivity index (χ2n) is 8.86. The van der Waals surface area contributed by atoms with Crippen molar-refractivity contribution in [1.82, 2.24) is 20.2 Å². The Morgan fingerprint density at radius 3 is 2.61 bits per heavy atom. The molecule has 5 rings (SSSR count). The molecule has 0 spiro atoms. The Balaban J connectivity index is 1.36. The Morgan fingerprint density at radius 2 is 1.87 bits per heavy atom. The van der Waals surface area contributed by atoms with Gasteiger partial charge >= 0.3 is 0 Å². The normalized spacial score (nSPS) is 19.3. The van der Waals surface area contributed by atoms with Crippen molar-refractivity contribution in [2.45, 2.75) is 43.6 Å². The molecule has 11 heteroatoms. The third kappa shape index (κ3) is 6.20. The molecule has 1 aromatic heterocycles. The number of nitrogens with one attached hydrogen (secondary N) is 1. The van der Waals surface area contributed by atoms with E-state index in [9.17, 15) is 15.0 Å². The largest absolute Gasteiger partial charge is 0.508 e. The summed E-state index contributed by atoms with van der Waals surface area (Å²) in [5, 5.41) is 34.5. The summed E-state index contributed by atoms with van der Waals surface area (Å²) in [4.78, 5) is 11.6. The molecule has 0 bridgehead atoms. The number of thioether (sulfide) groups is 1. The van der Waals surface area contributed by atoms with E-state index in [1.165, 1.54) is 18.7 Å². The molecule has 1 amide bonds. The predicted molar refractivity (Wildman–Crippen MR) is 141 cm³/mol. The van der Waals surface area contributed by atoms with Gasteiger partial charge in [-0.1, -0.05) is 48.2 Å². The minimum absolute atomic E-state index is 0.0253. The van der Waals surface area contributed by atoms with Crippen LogP contribution in [-0.2, 0) is 20.9 Å². The van der Waals surface area contributed by atoms with E-state index < -0.39 is 6.29 Å². The molecule has 1 aliphatic rings. The van der Waals surface area contributed by atoms with E-state index in [4.69, 9.17) is 9.47 Å². The number of rotatable bonds is 8. The average Bonchev–Trinajstić information content (AvgIpc) is 3.41. The smallest absolute Gasteiger partial charge is 0.221 e. The lowest BCUT2D eigenvalue weighted by Crippen LogP contribution is -2.31. The first-order valence-electron chi connectivity index (χ1n) is 12.1. The number of amides is 1. The Bertz CT molecular complexity index is 1380. The standard InChI is InChI=1S/C27H27N5O5S/c1-17(34)28-21-4-2-3-20(13-21)26-36-24(14-25(37-26)19-7-5-18(15-33)6-8-19)16-38-27-29-30-31-32(27)22-9-11-23(35)12-10-22/h2-13,24-26,33,35H,14-16H2,1H3,(H,28,34)/t24-,25+,26+/m1/s1. The maximum absolute atomic E-state index is 11.6. The summed E-state index contributed by atoms with van der Waals surface area (Å²) in [7, 11) is 0. The molecule has 10 nitrogen and oxygen atoms in total. The van der Waals surface area contributed by atoms with Gasteiger partial charge in [0.1, 0.15) is 5.75 Å². The van der Waals surface area contributed by atoms with Crippen LogP contribution in [0.15, 0.2) is 78.0 Å². The summed E-state index contributed by atoms with van der Waals surface area (Å²) in [5.74, 6) is 0.572. The molecular weight excluding hydrogens is 506 g/mol. The lowest BCUT2D eigenvalue weighted by molar-refractivity contribution is -0.245. The molecule has 0 unspecified atom stereocenters. The number of phenols is 1. The molecule has 1 saturated heterocycles. The molecule has 0 radical (unpaired) electrons. The minimum atomic E-state index is -0.654. The first-order chi connectivity index (χ1) is 18.5. The summed E-state index contributed by atoms with van der Waals surface area (Å²) >= 11 is 1.47. The SMILES string of the molecule is CC(=O)Nc1cccc([C@H]2O[C@@H](CSc3nnnn3-c3ccc(O)cc3)C[C@@H](c3ccc(CO)cc3)O2)c1. The fourth-order valence-electron chi connectivity index (χ4n) is 4.18. The summed E-state index contributed by atoms with van der Waals surface area (Å²) in [6.45, 7) is 1.44. The zero-order valence-electron chi connectivity index (χ0n) is 20.6. The quantitative estimate of drug-likeness (QED) is 0.286. The second-order valence-corrected chi connectivity index (χ2v) is 9.84.